The van der Waals surface area contributed by atoms with Crippen molar-refractivity contribution in [1.82, 2.24) is 5.32 Å². The predicted molar refractivity (Wildman–Crippen MR) is 65.5 cm³/mol. The zero-order valence-electron chi connectivity index (χ0n) is 10.9. The minimum absolute atomic E-state index is 0.167. The average Bonchev–Trinajstić information content (AvgIpc) is 2.39. The Morgan fingerprint density at radius 3 is 2.25 bits per heavy atom. The van der Waals surface area contributed by atoms with E-state index in [9.17, 15) is 22.8 Å². The summed E-state index contributed by atoms with van der Waals surface area (Å²) in [5.41, 5.74) is -0.167. The van der Waals surface area contributed by atoms with Gasteiger partial charge in [-0.05, 0) is 13.3 Å². The molecule has 4 nitrogen and oxygen atoms in total. The molecule has 1 fully saturated rings. The van der Waals surface area contributed by atoms with E-state index in [-0.39, 0.29) is 12.1 Å². The Kier molecular flexibility index (Phi) is 3.69. The largest absolute Gasteiger partial charge is 0.343 e. The van der Waals surface area contributed by atoms with Gasteiger partial charge in [0.1, 0.15) is 12.1 Å². The minimum Gasteiger partial charge on any atom is -0.343 e. The maximum absolute atomic E-state index is 13.3. The van der Waals surface area contributed by atoms with Crippen LogP contribution in [0.4, 0.5) is 18.9 Å². The topological polar surface area (TPSA) is 49.4 Å². The number of anilines is 1. The van der Waals surface area contributed by atoms with Gasteiger partial charge in [-0.15, -0.1) is 0 Å². The average molecular weight is 286 g/mol. The molecule has 108 valence electrons. The molecular weight excluding hydrogens is 273 g/mol. The third-order valence-corrected chi connectivity index (χ3v) is 3.21. The standard InChI is InChI=1S/C13H13F3N2O2/c1-3-10-12(19)17-6(2)13(20)18(10)7-4-8(14)11(16)9(15)5-7/h4-6,10H,3H2,1-2H3,(H,17,19). The van der Waals surface area contributed by atoms with Crippen LogP contribution in [0.2, 0.25) is 0 Å². The third kappa shape index (κ3) is 2.23. The number of halogens is 3. The summed E-state index contributed by atoms with van der Waals surface area (Å²) in [6.45, 7) is 3.13. The van der Waals surface area contributed by atoms with Crippen LogP contribution < -0.4 is 10.2 Å². The van der Waals surface area contributed by atoms with E-state index in [4.69, 9.17) is 0 Å². The van der Waals surface area contributed by atoms with Crippen molar-refractivity contribution >= 4 is 17.5 Å². The molecule has 2 unspecified atom stereocenters. The van der Waals surface area contributed by atoms with Gasteiger partial charge >= 0.3 is 0 Å². The van der Waals surface area contributed by atoms with E-state index >= 15 is 0 Å². The smallest absolute Gasteiger partial charge is 0.250 e. The molecule has 7 heteroatoms. The zero-order valence-corrected chi connectivity index (χ0v) is 10.9. The van der Waals surface area contributed by atoms with Gasteiger partial charge in [-0.25, -0.2) is 13.2 Å². The molecule has 2 atom stereocenters. The molecular formula is C13H13F3N2O2. The van der Waals surface area contributed by atoms with Crippen LogP contribution in [-0.2, 0) is 9.59 Å². The highest BCUT2D eigenvalue weighted by atomic mass is 19.2. The summed E-state index contributed by atoms with van der Waals surface area (Å²) in [6, 6.07) is -0.251. The van der Waals surface area contributed by atoms with Crippen molar-refractivity contribution in [2.45, 2.75) is 32.4 Å². The molecule has 0 spiro atoms. The molecule has 20 heavy (non-hydrogen) atoms. The van der Waals surface area contributed by atoms with Crippen LogP contribution in [0.3, 0.4) is 0 Å². The highest BCUT2D eigenvalue weighted by Crippen LogP contribution is 2.26. The number of carbonyl (C=O) groups is 2. The molecule has 2 amide bonds. The van der Waals surface area contributed by atoms with Crippen LogP contribution in [0.25, 0.3) is 0 Å². The fourth-order valence-electron chi connectivity index (χ4n) is 2.21. The van der Waals surface area contributed by atoms with Crippen LogP contribution >= 0.6 is 0 Å². The molecule has 1 saturated heterocycles. The lowest BCUT2D eigenvalue weighted by Gasteiger charge is -2.37. The Hall–Kier alpha value is -2.05. The number of hydrogen-bond acceptors (Lipinski definition) is 2. The van der Waals surface area contributed by atoms with E-state index in [0.717, 1.165) is 4.90 Å². The SMILES string of the molecule is CCC1C(=O)NC(C)C(=O)N1c1cc(F)c(F)c(F)c1. The third-order valence-electron chi connectivity index (χ3n) is 3.21. The first-order valence-corrected chi connectivity index (χ1v) is 6.14. The molecule has 2 rings (SSSR count). The fraction of sp³-hybridized carbons (Fsp3) is 0.385. The number of nitrogens with one attached hydrogen (secondary N) is 1. The molecule has 0 bridgehead atoms. The van der Waals surface area contributed by atoms with Gasteiger partial charge in [-0.3, -0.25) is 14.5 Å². The lowest BCUT2D eigenvalue weighted by atomic mass is 10.0. The van der Waals surface area contributed by atoms with Crippen molar-refractivity contribution in [2.24, 2.45) is 0 Å². The number of amides is 2. The van der Waals surface area contributed by atoms with Crippen molar-refractivity contribution in [2.75, 3.05) is 4.90 Å². The van der Waals surface area contributed by atoms with E-state index in [0.29, 0.717) is 12.1 Å². The van der Waals surface area contributed by atoms with E-state index < -0.39 is 41.3 Å². The molecule has 0 aliphatic carbocycles. The molecule has 1 aromatic rings. The van der Waals surface area contributed by atoms with Gasteiger partial charge in [0, 0.05) is 12.1 Å². The van der Waals surface area contributed by atoms with Crippen LogP contribution in [0.1, 0.15) is 20.3 Å². The second kappa shape index (κ2) is 5.15. The lowest BCUT2D eigenvalue weighted by Crippen LogP contribution is -2.62. The summed E-state index contributed by atoms with van der Waals surface area (Å²) in [5, 5.41) is 2.48. The van der Waals surface area contributed by atoms with E-state index in [1.165, 1.54) is 6.92 Å². The number of nitrogens with zero attached hydrogens (tertiary/aromatic N) is 1. The van der Waals surface area contributed by atoms with Crippen LogP contribution in [0, 0.1) is 17.5 Å². The summed E-state index contributed by atoms with van der Waals surface area (Å²) in [5.74, 6) is -5.32. The van der Waals surface area contributed by atoms with Crippen LogP contribution in [-0.4, -0.2) is 23.9 Å². The molecule has 1 heterocycles. The number of rotatable bonds is 2. The molecule has 0 aromatic heterocycles. The van der Waals surface area contributed by atoms with Gasteiger partial charge in [0.2, 0.25) is 11.8 Å². The first kappa shape index (κ1) is 14.4. The Bertz CT molecular complexity index is 554. The van der Waals surface area contributed by atoms with Crippen LogP contribution in [0.5, 0.6) is 0 Å². The van der Waals surface area contributed by atoms with Gasteiger partial charge in [0.15, 0.2) is 17.5 Å². The molecule has 0 radical (unpaired) electrons. The highest BCUT2D eigenvalue weighted by Gasteiger charge is 2.39. The van der Waals surface area contributed by atoms with Crippen LogP contribution in [0.15, 0.2) is 12.1 Å². The maximum atomic E-state index is 13.3. The molecule has 1 aromatic carbocycles. The number of piperazine rings is 1. The number of benzene rings is 1. The van der Waals surface area contributed by atoms with E-state index in [2.05, 4.69) is 5.32 Å². The minimum atomic E-state index is -1.61. The summed E-state index contributed by atoms with van der Waals surface area (Å²) < 4.78 is 39.6. The monoisotopic (exact) mass is 286 g/mol. The summed E-state index contributed by atoms with van der Waals surface area (Å²) in [7, 11) is 0. The molecule has 1 aliphatic heterocycles. The number of carbonyl (C=O) groups excluding carboxylic acids is 2. The van der Waals surface area contributed by atoms with Crippen molar-refractivity contribution in [1.29, 1.82) is 0 Å². The lowest BCUT2D eigenvalue weighted by molar-refractivity contribution is -0.133. The van der Waals surface area contributed by atoms with Gasteiger partial charge in [-0.1, -0.05) is 6.92 Å². The summed E-state index contributed by atoms with van der Waals surface area (Å²) >= 11 is 0. The van der Waals surface area contributed by atoms with Gasteiger partial charge < -0.3 is 5.32 Å². The predicted octanol–water partition coefficient (Wildman–Crippen LogP) is 1.73. The zero-order chi connectivity index (χ0) is 15.0. The quantitative estimate of drug-likeness (QED) is 0.842. The van der Waals surface area contributed by atoms with Gasteiger partial charge in [0.05, 0.1) is 5.69 Å². The molecule has 0 saturated carbocycles. The first-order chi connectivity index (χ1) is 9.36. The Labute approximate surface area is 113 Å². The second-order valence-electron chi connectivity index (χ2n) is 4.59. The fourth-order valence-corrected chi connectivity index (χ4v) is 2.21. The van der Waals surface area contributed by atoms with Crippen molar-refractivity contribution in [3.63, 3.8) is 0 Å². The number of hydrogen-bond donors (Lipinski definition) is 1. The van der Waals surface area contributed by atoms with Crippen molar-refractivity contribution in [3.8, 4) is 0 Å². The van der Waals surface area contributed by atoms with Crippen molar-refractivity contribution < 1.29 is 22.8 Å². The van der Waals surface area contributed by atoms with Crippen molar-refractivity contribution in [3.05, 3.63) is 29.6 Å². The first-order valence-electron chi connectivity index (χ1n) is 6.14. The van der Waals surface area contributed by atoms with Gasteiger partial charge in [0.25, 0.3) is 0 Å². The molecule has 1 aliphatic rings. The highest BCUT2D eigenvalue weighted by molar-refractivity contribution is 6.08. The molecule has 1 N–H and O–H groups in total. The Morgan fingerprint density at radius 2 is 1.75 bits per heavy atom. The van der Waals surface area contributed by atoms with Gasteiger partial charge in [-0.2, -0.15) is 0 Å². The van der Waals surface area contributed by atoms with E-state index in [1.54, 1.807) is 6.92 Å². The Morgan fingerprint density at radius 1 is 1.20 bits per heavy atom. The maximum Gasteiger partial charge on any atom is 0.250 e. The normalized spacial score (nSPS) is 22.9. The summed E-state index contributed by atoms with van der Waals surface area (Å²) in [6.07, 6.45) is 0.269. The second-order valence-corrected chi connectivity index (χ2v) is 4.59. The van der Waals surface area contributed by atoms with E-state index in [1.807, 2.05) is 0 Å². The Balaban J connectivity index is 2.51. The summed E-state index contributed by atoms with van der Waals surface area (Å²) in [4.78, 5) is 25.0.